The van der Waals surface area contributed by atoms with Crippen LogP contribution in [0.4, 0.5) is 0 Å². The lowest BCUT2D eigenvalue weighted by Crippen LogP contribution is -1.88. The Morgan fingerprint density at radius 3 is 0.922 bits per heavy atom. The van der Waals surface area contributed by atoms with E-state index in [4.69, 9.17) is 4.79 Å². The molecule has 0 aliphatic heterocycles. The first-order valence-electron chi connectivity index (χ1n) is 17.4. The van der Waals surface area contributed by atoms with E-state index in [2.05, 4.69) is 213 Å². The van der Waals surface area contributed by atoms with Crippen LogP contribution in [0, 0.1) is 6.92 Å². The third-order valence-corrected chi connectivity index (χ3v) is 8.06. The van der Waals surface area contributed by atoms with E-state index >= 15 is 0 Å². The molecule has 0 radical (unpaired) electrons. The predicted molar refractivity (Wildman–Crippen MR) is 221 cm³/mol. The molecule has 0 saturated carbocycles. The normalized spacial score (nSPS) is 9.63. The average Bonchev–Trinajstić information content (AvgIpc) is 3.23. The zero-order chi connectivity index (χ0) is 36.1. The van der Waals surface area contributed by atoms with Gasteiger partial charge in [0.25, 0.3) is 0 Å². The highest BCUT2D eigenvalue weighted by Gasteiger charge is 2.06. The van der Waals surface area contributed by atoms with Gasteiger partial charge in [-0.25, -0.2) is 0 Å². The number of benzene rings is 7. The molecule has 7 rings (SSSR count). The molecule has 1 heteroatoms. The third kappa shape index (κ3) is 11.4. The maximum atomic E-state index is 8.00. The Balaban J connectivity index is 0.000000212. The fourth-order valence-corrected chi connectivity index (χ4v) is 5.54. The lowest BCUT2D eigenvalue weighted by molar-refractivity contribution is -0.0980. The summed E-state index contributed by atoms with van der Waals surface area (Å²) < 4.78 is 0. The molecule has 252 valence electrons. The number of aryl methyl sites for hydroxylation is 1. The van der Waals surface area contributed by atoms with E-state index in [1.54, 1.807) is 0 Å². The maximum absolute atomic E-state index is 8.00. The highest BCUT2D eigenvalue weighted by atomic mass is 16.1. The van der Waals surface area contributed by atoms with Gasteiger partial charge in [-0.15, -0.1) is 0 Å². The molecular formula is C50H46O. The molecule has 0 atom stereocenters. The van der Waals surface area contributed by atoms with Crippen LogP contribution in [0.3, 0.4) is 0 Å². The molecule has 0 aliphatic rings. The molecule has 7 aromatic carbocycles. The summed E-state index contributed by atoms with van der Waals surface area (Å²) in [5.74, 6) is 0. The van der Waals surface area contributed by atoms with E-state index in [-0.39, 0.29) is 0 Å². The summed E-state index contributed by atoms with van der Waals surface area (Å²) in [4.78, 5) is 8.00. The van der Waals surface area contributed by atoms with Gasteiger partial charge in [0.05, 0.1) is 0 Å². The van der Waals surface area contributed by atoms with Crippen molar-refractivity contribution < 1.29 is 4.79 Å². The van der Waals surface area contributed by atoms with Gasteiger partial charge in [-0.2, -0.15) is 0 Å². The molecule has 0 bridgehead atoms. The Morgan fingerprint density at radius 1 is 0.353 bits per heavy atom. The first-order chi connectivity index (χ1) is 25.2. The molecule has 0 heterocycles. The summed E-state index contributed by atoms with van der Waals surface area (Å²) in [6.45, 7) is 8.11. The van der Waals surface area contributed by atoms with E-state index < -0.39 is 0 Å². The minimum atomic E-state index is 1.20. The Morgan fingerprint density at radius 2 is 0.608 bits per heavy atom. The molecule has 0 amide bonds. The van der Waals surface area contributed by atoms with Crippen LogP contribution in [-0.2, 0) is 4.79 Å². The molecule has 51 heavy (non-hydrogen) atoms. The van der Waals surface area contributed by atoms with Crippen molar-refractivity contribution in [2.24, 2.45) is 0 Å². The Labute approximate surface area is 304 Å². The summed E-state index contributed by atoms with van der Waals surface area (Å²) in [5, 5.41) is 0. The van der Waals surface area contributed by atoms with Gasteiger partial charge in [0.15, 0.2) is 0 Å². The highest BCUT2D eigenvalue weighted by Crippen LogP contribution is 2.28. The van der Waals surface area contributed by atoms with Gasteiger partial charge < -0.3 is 4.79 Å². The Bertz CT molecular complexity index is 1940. The minimum Gasteiger partial charge on any atom is -0.307 e. The fourth-order valence-electron chi connectivity index (χ4n) is 5.54. The molecule has 7 aromatic rings. The van der Waals surface area contributed by atoms with Crippen LogP contribution in [0.1, 0.15) is 52.8 Å². The lowest BCUT2D eigenvalue weighted by atomic mass is 9.95. The number of hydrogen-bond acceptors (Lipinski definition) is 1. The van der Waals surface area contributed by atoms with Gasteiger partial charge in [-0.1, -0.05) is 220 Å². The van der Waals surface area contributed by atoms with Gasteiger partial charge in [0.1, 0.15) is 6.79 Å². The van der Waals surface area contributed by atoms with Gasteiger partial charge in [-0.05, 0) is 74.7 Å². The van der Waals surface area contributed by atoms with Crippen LogP contribution in [0.15, 0.2) is 200 Å². The maximum Gasteiger partial charge on any atom is 0.106 e. The minimum absolute atomic E-state index is 1.20. The van der Waals surface area contributed by atoms with E-state index in [0.717, 1.165) is 0 Å². The second kappa shape index (κ2) is 20.9. The van der Waals surface area contributed by atoms with Crippen molar-refractivity contribution in [3.05, 3.63) is 239 Å². The quantitative estimate of drug-likeness (QED) is 0.155. The summed E-state index contributed by atoms with van der Waals surface area (Å²) in [6.07, 6.45) is 4.52. The topological polar surface area (TPSA) is 17.1 Å². The molecule has 0 N–H and O–H groups in total. The van der Waals surface area contributed by atoms with Crippen LogP contribution < -0.4 is 0 Å². The largest absolute Gasteiger partial charge is 0.307 e. The van der Waals surface area contributed by atoms with Crippen LogP contribution >= 0.6 is 0 Å². The van der Waals surface area contributed by atoms with Crippen molar-refractivity contribution in [3.63, 3.8) is 0 Å². The van der Waals surface area contributed by atoms with Crippen molar-refractivity contribution in [2.75, 3.05) is 0 Å². The second-order valence-electron chi connectivity index (χ2n) is 11.5. The number of carbonyl (C=O) groups is 1. The summed E-state index contributed by atoms with van der Waals surface area (Å²) in [7, 11) is 0. The monoisotopic (exact) mass is 662 g/mol. The number of rotatable bonds is 7. The Kier molecular flexibility index (Phi) is 15.4. The van der Waals surface area contributed by atoms with Crippen molar-refractivity contribution in [1.82, 2.24) is 0 Å². The summed E-state index contributed by atoms with van der Waals surface area (Å²) in [5.41, 5.74) is 13.6. The van der Waals surface area contributed by atoms with Crippen molar-refractivity contribution >= 4 is 30.1 Å². The van der Waals surface area contributed by atoms with E-state index in [1.165, 1.54) is 61.2 Å². The number of hydrogen-bond donors (Lipinski definition) is 0. The van der Waals surface area contributed by atoms with Crippen LogP contribution in [0.2, 0.25) is 0 Å². The highest BCUT2D eigenvalue weighted by molar-refractivity contribution is 5.92. The molecule has 0 spiro atoms. The average molecular weight is 663 g/mol. The van der Waals surface area contributed by atoms with Gasteiger partial charge in [-0.3, -0.25) is 0 Å². The van der Waals surface area contributed by atoms with Crippen LogP contribution in [0.5, 0.6) is 0 Å². The zero-order valence-electron chi connectivity index (χ0n) is 29.8. The summed E-state index contributed by atoms with van der Waals surface area (Å²) in [6, 6.07) is 70.1. The predicted octanol–water partition coefficient (Wildman–Crippen LogP) is 13.4. The van der Waals surface area contributed by atoms with Gasteiger partial charge in [0.2, 0.25) is 0 Å². The fraction of sp³-hybridized carbons (Fsp3) is 0.0600. The standard InChI is InChI=1S/C26H20.C21H18.C2H6.CH2O/c1-4-10-22(11-5-1)23-18-16-21(17-19-23)20-26(24-12-6-2-7-13-24)25-14-8-3-9-15-25;1-17-12-14-18(15-13-17)16-21(19-8-4-2-5-9-19)20-10-6-3-7-11-20;2*1-2/h1-20H;2-16H,1H3;1-2H3;1H2. The van der Waals surface area contributed by atoms with Crippen LogP contribution in [0.25, 0.3) is 34.4 Å². The van der Waals surface area contributed by atoms with Crippen molar-refractivity contribution in [1.29, 1.82) is 0 Å². The molecule has 0 unspecified atom stereocenters. The van der Waals surface area contributed by atoms with Crippen molar-refractivity contribution in [2.45, 2.75) is 20.8 Å². The van der Waals surface area contributed by atoms with Gasteiger partial charge in [0, 0.05) is 0 Å². The summed E-state index contributed by atoms with van der Waals surface area (Å²) >= 11 is 0. The molecule has 0 aliphatic carbocycles. The molecule has 0 fully saturated rings. The molecule has 1 nitrogen and oxygen atoms in total. The van der Waals surface area contributed by atoms with Crippen molar-refractivity contribution in [3.8, 4) is 11.1 Å². The zero-order valence-corrected chi connectivity index (χ0v) is 29.8. The van der Waals surface area contributed by atoms with E-state index in [9.17, 15) is 0 Å². The first-order valence-corrected chi connectivity index (χ1v) is 17.4. The van der Waals surface area contributed by atoms with Gasteiger partial charge >= 0.3 is 0 Å². The first kappa shape index (κ1) is 37.5. The van der Waals surface area contributed by atoms with E-state index in [0.29, 0.717) is 0 Å². The third-order valence-electron chi connectivity index (χ3n) is 8.06. The number of carbonyl (C=O) groups excluding carboxylic acids is 1. The molecule has 0 saturated heterocycles. The smallest absolute Gasteiger partial charge is 0.106 e. The molecular weight excluding hydrogens is 617 g/mol. The molecule has 0 aromatic heterocycles. The van der Waals surface area contributed by atoms with Crippen LogP contribution in [-0.4, -0.2) is 6.79 Å². The second-order valence-corrected chi connectivity index (χ2v) is 11.5. The Hall–Kier alpha value is -6.31. The van der Waals surface area contributed by atoms with E-state index in [1.807, 2.05) is 26.7 Å². The lowest BCUT2D eigenvalue weighted by Gasteiger charge is -2.09. The SMILES string of the molecule is C(=C(c1ccccc1)c1ccccc1)c1ccc(-c2ccccc2)cc1.C=O.CC.Cc1ccc(C=C(c2ccccc2)c2ccccc2)cc1.